The Bertz CT molecular complexity index is 999. The molecule has 0 aliphatic carbocycles. The summed E-state index contributed by atoms with van der Waals surface area (Å²) in [7, 11) is 0. The van der Waals surface area contributed by atoms with Crippen molar-refractivity contribution in [2.75, 3.05) is 31.6 Å². The van der Waals surface area contributed by atoms with E-state index < -0.39 is 17.8 Å². The SMILES string of the molecule is CCc1nc2c(c(OC3CCCN(C(=O)Nc4ccccc4C(F)(F)F)C3)n1)CCOCC2. The van der Waals surface area contributed by atoms with Crippen molar-refractivity contribution < 1.29 is 27.4 Å². The van der Waals surface area contributed by atoms with Crippen LogP contribution < -0.4 is 10.1 Å². The first-order valence-electron chi connectivity index (χ1n) is 11.2. The molecular weight excluding hydrogens is 437 g/mol. The van der Waals surface area contributed by atoms with Crippen LogP contribution in [0.2, 0.25) is 0 Å². The summed E-state index contributed by atoms with van der Waals surface area (Å²) in [6, 6.07) is 4.38. The number of urea groups is 1. The molecule has 1 fully saturated rings. The number of benzene rings is 1. The Morgan fingerprint density at radius 1 is 1.24 bits per heavy atom. The number of rotatable bonds is 4. The summed E-state index contributed by atoms with van der Waals surface area (Å²) in [5, 5.41) is 2.42. The van der Waals surface area contributed by atoms with Gasteiger partial charge in [-0.25, -0.2) is 9.78 Å². The molecule has 1 unspecified atom stereocenters. The first-order chi connectivity index (χ1) is 15.8. The van der Waals surface area contributed by atoms with E-state index in [-0.39, 0.29) is 18.3 Å². The van der Waals surface area contributed by atoms with Crippen LogP contribution >= 0.6 is 0 Å². The van der Waals surface area contributed by atoms with Gasteiger partial charge in [0, 0.05) is 31.4 Å². The van der Waals surface area contributed by atoms with Gasteiger partial charge in [-0.15, -0.1) is 0 Å². The van der Waals surface area contributed by atoms with Crippen molar-refractivity contribution in [3.63, 3.8) is 0 Å². The van der Waals surface area contributed by atoms with Gasteiger partial charge in [-0.2, -0.15) is 18.2 Å². The minimum atomic E-state index is -4.55. The lowest BCUT2D eigenvalue weighted by Gasteiger charge is -2.33. The van der Waals surface area contributed by atoms with Gasteiger partial charge in [0.15, 0.2) is 0 Å². The van der Waals surface area contributed by atoms with Crippen molar-refractivity contribution in [2.24, 2.45) is 0 Å². The number of carbonyl (C=O) groups excluding carboxylic acids is 1. The summed E-state index contributed by atoms with van der Waals surface area (Å²) in [6.45, 7) is 3.84. The number of amides is 2. The number of fused-ring (bicyclic) bond motifs is 1. The lowest BCUT2D eigenvalue weighted by Crippen LogP contribution is -2.46. The highest BCUT2D eigenvalue weighted by atomic mass is 19.4. The van der Waals surface area contributed by atoms with Crippen LogP contribution in [0.15, 0.2) is 24.3 Å². The molecule has 2 aromatic rings. The average molecular weight is 464 g/mol. The molecule has 0 radical (unpaired) electrons. The zero-order chi connectivity index (χ0) is 23.4. The first kappa shape index (κ1) is 23.3. The third kappa shape index (κ3) is 5.55. The number of likely N-dealkylation sites (tertiary alicyclic amines) is 1. The summed E-state index contributed by atoms with van der Waals surface area (Å²) in [4.78, 5) is 23.5. The molecule has 2 amide bonds. The van der Waals surface area contributed by atoms with Crippen molar-refractivity contribution in [1.29, 1.82) is 0 Å². The van der Waals surface area contributed by atoms with Crippen LogP contribution in [0.25, 0.3) is 0 Å². The van der Waals surface area contributed by atoms with Crippen LogP contribution in [0.1, 0.15) is 42.4 Å². The second-order valence-electron chi connectivity index (χ2n) is 8.14. The number of nitrogens with one attached hydrogen (secondary N) is 1. The molecule has 33 heavy (non-hydrogen) atoms. The van der Waals surface area contributed by atoms with E-state index in [0.29, 0.717) is 57.1 Å². The van der Waals surface area contributed by atoms with Crippen molar-refractivity contribution >= 4 is 11.7 Å². The van der Waals surface area contributed by atoms with Crippen LogP contribution in [0, 0.1) is 0 Å². The van der Waals surface area contributed by atoms with Gasteiger partial charge in [-0.05, 0) is 25.0 Å². The van der Waals surface area contributed by atoms with E-state index in [9.17, 15) is 18.0 Å². The summed E-state index contributed by atoms with van der Waals surface area (Å²) < 4.78 is 51.6. The van der Waals surface area contributed by atoms with Gasteiger partial charge in [0.1, 0.15) is 11.9 Å². The zero-order valence-electron chi connectivity index (χ0n) is 18.5. The molecule has 3 heterocycles. The minimum Gasteiger partial charge on any atom is -0.472 e. The molecule has 0 bridgehead atoms. The van der Waals surface area contributed by atoms with E-state index in [1.807, 2.05) is 6.92 Å². The number of alkyl halides is 3. The predicted molar refractivity (Wildman–Crippen MR) is 115 cm³/mol. The minimum absolute atomic E-state index is 0.258. The van der Waals surface area contributed by atoms with Crippen LogP contribution in [-0.4, -0.2) is 53.3 Å². The molecule has 0 spiro atoms. The van der Waals surface area contributed by atoms with Gasteiger partial charge in [-0.3, -0.25) is 0 Å². The highest BCUT2D eigenvalue weighted by Crippen LogP contribution is 2.35. The van der Waals surface area contributed by atoms with E-state index in [0.717, 1.165) is 23.7 Å². The molecule has 0 saturated carbocycles. The quantitative estimate of drug-likeness (QED) is 0.732. The van der Waals surface area contributed by atoms with Crippen LogP contribution in [0.3, 0.4) is 0 Å². The fraction of sp³-hybridized carbons (Fsp3) is 0.522. The number of carbonyl (C=O) groups is 1. The molecule has 178 valence electrons. The zero-order valence-corrected chi connectivity index (χ0v) is 18.5. The van der Waals surface area contributed by atoms with E-state index in [1.54, 1.807) is 0 Å². The number of piperidine rings is 1. The van der Waals surface area contributed by atoms with Gasteiger partial charge in [0.25, 0.3) is 0 Å². The maximum atomic E-state index is 13.3. The van der Waals surface area contributed by atoms with Crippen molar-refractivity contribution in [3.8, 4) is 5.88 Å². The van der Waals surface area contributed by atoms with Gasteiger partial charge >= 0.3 is 12.2 Å². The fourth-order valence-corrected chi connectivity index (χ4v) is 4.13. The van der Waals surface area contributed by atoms with E-state index in [4.69, 9.17) is 9.47 Å². The largest absolute Gasteiger partial charge is 0.472 e. The number of aryl methyl sites for hydroxylation is 1. The predicted octanol–water partition coefficient (Wildman–Crippen LogP) is 4.25. The maximum absolute atomic E-state index is 13.3. The number of ether oxygens (including phenoxy) is 2. The van der Waals surface area contributed by atoms with Crippen molar-refractivity contribution in [2.45, 2.75) is 51.3 Å². The van der Waals surface area contributed by atoms with Crippen LogP contribution in [-0.2, 0) is 30.2 Å². The molecule has 4 rings (SSSR count). The highest BCUT2D eigenvalue weighted by Gasteiger charge is 2.34. The molecule has 7 nitrogen and oxygen atoms in total. The standard InChI is InChI=1S/C23H27F3N4O3/c1-2-20-27-18-10-13-32-12-9-16(18)21(29-20)33-15-6-5-11-30(14-15)22(31)28-19-8-4-3-7-17(19)23(24,25)26/h3-4,7-8,15H,2,5-6,9-14H2,1H3,(H,28,31). The normalized spacial score (nSPS) is 18.9. The number of hydrogen-bond donors (Lipinski definition) is 1. The second-order valence-corrected chi connectivity index (χ2v) is 8.14. The Labute approximate surface area is 190 Å². The van der Waals surface area contributed by atoms with Gasteiger partial charge in [-0.1, -0.05) is 19.1 Å². The second kappa shape index (κ2) is 9.94. The topological polar surface area (TPSA) is 76.6 Å². The molecule has 1 saturated heterocycles. The molecule has 2 aliphatic rings. The third-order valence-electron chi connectivity index (χ3n) is 5.81. The fourth-order valence-electron chi connectivity index (χ4n) is 4.13. The highest BCUT2D eigenvalue weighted by molar-refractivity contribution is 5.90. The average Bonchev–Trinajstić information content (AvgIpc) is 3.04. The smallest absolute Gasteiger partial charge is 0.418 e. The van der Waals surface area contributed by atoms with Crippen molar-refractivity contribution in [1.82, 2.24) is 14.9 Å². The molecule has 1 atom stereocenters. The number of para-hydroxylation sites is 1. The summed E-state index contributed by atoms with van der Waals surface area (Å²) in [5.74, 6) is 1.22. The first-order valence-corrected chi connectivity index (χ1v) is 11.2. The van der Waals surface area contributed by atoms with Crippen molar-refractivity contribution in [3.05, 3.63) is 46.9 Å². The Balaban J connectivity index is 1.47. The molecule has 2 aliphatic heterocycles. The Kier molecular flexibility index (Phi) is 7.02. The summed E-state index contributed by atoms with van der Waals surface area (Å²) in [6.07, 6.45) is -1.45. The molecule has 1 aromatic heterocycles. The lowest BCUT2D eigenvalue weighted by molar-refractivity contribution is -0.136. The van der Waals surface area contributed by atoms with Gasteiger partial charge in [0.05, 0.1) is 36.7 Å². The number of halogens is 3. The monoisotopic (exact) mass is 464 g/mol. The van der Waals surface area contributed by atoms with Gasteiger partial charge in [0.2, 0.25) is 5.88 Å². The number of anilines is 1. The summed E-state index contributed by atoms with van der Waals surface area (Å²) in [5.41, 5.74) is 0.738. The van der Waals surface area contributed by atoms with E-state index >= 15 is 0 Å². The lowest BCUT2D eigenvalue weighted by atomic mass is 10.1. The van der Waals surface area contributed by atoms with Crippen LogP contribution in [0.4, 0.5) is 23.7 Å². The molecule has 10 heteroatoms. The van der Waals surface area contributed by atoms with Crippen LogP contribution in [0.5, 0.6) is 5.88 Å². The molecular formula is C23H27F3N4O3. The number of nitrogens with zero attached hydrogens (tertiary/aromatic N) is 3. The van der Waals surface area contributed by atoms with Gasteiger partial charge < -0.3 is 19.7 Å². The Morgan fingerprint density at radius 2 is 2.03 bits per heavy atom. The third-order valence-corrected chi connectivity index (χ3v) is 5.81. The molecule has 1 N–H and O–H groups in total. The maximum Gasteiger partial charge on any atom is 0.418 e. The van der Waals surface area contributed by atoms with E-state index in [1.165, 1.54) is 23.1 Å². The van der Waals surface area contributed by atoms with E-state index in [2.05, 4.69) is 15.3 Å². The number of aromatic nitrogens is 2. The Hall–Kier alpha value is -2.88. The molecule has 1 aromatic carbocycles. The summed E-state index contributed by atoms with van der Waals surface area (Å²) >= 11 is 0. The Morgan fingerprint density at radius 3 is 2.82 bits per heavy atom. The number of hydrogen-bond acceptors (Lipinski definition) is 5.